The van der Waals surface area contributed by atoms with Crippen LogP contribution in [0.25, 0.3) is 0 Å². The number of rotatable bonds is 13. The van der Waals surface area contributed by atoms with Crippen LogP contribution >= 0.6 is 0 Å². The number of hydrogen-bond acceptors (Lipinski definition) is 5. The molecule has 0 bridgehead atoms. The highest BCUT2D eigenvalue weighted by atomic mass is 16.6. The van der Waals surface area contributed by atoms with E-state index in [-0.39, 0.29) is 19.0 Å². The Kier molecular flexibility index (Phi) is 12.5. The Balaban J connectivity index is 3.18. The van der Waals surface area contributed by atoms with Crippen LogP contribution in [0.3, 0.4) is 0 Å². The van der Waals surface area contributed by atoms with E-state index < -0.39 is 5.97 Å². The molecule has 0 aliphatic heterocycles. The molecule has 0 unspecified atom stereocenters. The number of nitrogens with two attached hydrogens (primary N) is 1. The SMILES string of the molecule is NCCOCCOC(=O)CCCCCCCC(=O)O. The monoisotopic (exact) mass is 275 g/mol. The first-order valence-electron chi connectivity index (χ1n) is 6.82. The summed E-state index contributed by atoms with van der Waals surface area (Å²) in [6, 6.07) is 0. The molecule has 3 N–H and O–H groups in total. The molecule has 0 aromatic carbocycles. The highest BCUT2D eigenvalue weighted by Gasteiger charge is 2.02. The third kappa shape index (κ3) is 14.8. The number of ether oxygens (including phenoxy) is 2. The average molecular weight is 275 g/mol. The van der Waals surface area contributed by atoms with Gasteiger partial charge in [0.25, 0.3) is 0 Å². The van der Waals surface area contributed by atoms with Gasteiger partial charge in [0.05, 0.1) is 13.2 Å². The van der Waals surface area contributed by atoms with Gasteiger partial charge in [-0.3, -0.25) is 9.59 Å². The Morgan fingerprint density at radius 1 is 0.895 bits per heavy atom. The van der Waals surface area contributed by atoms with Crippen molar-refractivity contribution in [3.05, 3.63) is 0 Å². The Hall–Kier alpha value is -1.14. The molecular formula is C13H25NO5. The number of carbonyl (C=O) groups excluding carboxylic acids is 1. The first-order valence-corrected chi connectivity index (χ1v) is 6.82. The van der Waals surface area contributed by atoms with Crippen LogP contribution in [-0.2, 0) is 19.1 Å². The van der Waals surface area contributed by atoms with Gasteiger partial charge < -0.3 is 20.3 Å². The molecule has 0 aromatic heterocycles. The molecule has 0 spiro atoms. The molecule has 0 saturated heterocycles. The Bertz CT molecular complexity index is 245. The molecule has 0 rings (SSSR count). The molecule has 112 valence electrons. The quantitative estimate of drug-likeness (QED) is 0.388. The van der Waals surface area contributed by atoms with E-state index in [1.54, 1.807) is 0 Å². The molecule has 19 heavy (non-hydrogen) atoms. The van der Waals surface area contributed by atoms with Crippen LogP contribution in [0.2, 0.25) is 0 Å². The number of hydrogen-bond donors (Lipinski definition) is 2. The second-order valence-corrected chi connectivity index (χ2v) is 4.28. The van der Waals surface area contributed by atoms with E-state index >= 15 is 0 Å². The number of aliphatic carboxylic acids is 1. The first-order chi connectivity index (χ1) is 9.16. The Morgan fingerprint density at radius 2 is 1.53 bits per heavy atom. The van der Waals surface area contributed by atoms with Crippen molar-refractivity contribution in [2.45, 2.75) is 44.9 Å². The topological polar surface area (TPSA) is 98.9 Å². The molecule has 0 atom stereocenters. The van der Waals surface area contributed by atoms with Crippen molar-refractivity contribution in [3.63, 3.8) is 0 Å². The maximum atomic E-state index is 11.3. The summed E-state index contributed by atoms with van der Waals surface area (Å²) in [5.74, 6) is -0.956. The van der Waals surface area contributed by atoms with Gasteiger partial charge in [0.2, 0.25) is 0 Å². The number of carboxylic acid groups (broad SMARTS) is 1. The fourth-order valence-corrected chi connectivity index (χ4v) is 1.55. The third-order valence-corrected chi connectivity index (χ3v) is 2.52. The van der Waals surface area contributed by atoms with E-state index in [9.17, 15) is 9.59 Å². The molecule has 0 aromatic rings. The number of unbranched alkanes of at least 4 members (excludes halogenated alkanes) is 4. The Labute approximate surface area is 114 Å². The molecule has 0 heterocycles. The minimum absolute atomic E-state index is 0.207. The van der Waals surface area contributed by atoms with Crippen molar-refractivity contribution in [1.82, 2.24) is 0 Å². The van der Waals surface area contributed by atoms with Crippen LogP contribution in [-0.4, -0.2) is 43.4 Å². The van der Waals surface area contributed by atoms with Crippen molar-refractivity contribution < 1.29 is 24.2 Å². The van der Waals surface area contributed by atoms with Gasteiger partial charge in [-0.2, -0.15) is 0 Å². The molecule has 6 nitrogen and oxygen atoms in total. The largest absolute Gasteiger partial charge is 0.481 e. The van der Waals surface area contributed by atoms with Gasteiger partial charge in [-0.15, -0.1) is 0 Å². The third-order valence-electron chi connectivity index (χ3n) is 2.52. The summed E-state index contributed by atoms with van der Waals surface area (Å²) in [6.07, 6.45) is 4.92. The van der Waals surface area contributed by atoms with Crippen LogP contribution in [0, 0.1) is 0 Å². The smallest absolute Gasteiger partial charge is 0.305 e. The Morgan fingerprint density at radius 3 is 2.16 bits per heavy atom. The van der Waals surface area contributed by atoms with Crippen LogP contribution in [0.15, 0.2) is 0 Å². The van der Waals surface area contributed by atoms with Gasteiger partial charge in [-0.1, -0.05) is 19.3 Å². The highest BCUT2D eigenvalue weighted by molar-refractivity contribution is 5.69. The summed E-state index contributed by atoms with van der Waals surface area (Å²) >= 11 is 0. The summed E-state index contributed by atoms with van der Waals surface area (Å²) in [4.78, 5) is 21.5. The minimum Gasteiger partial charge on any atom is -0.481 e. The van der Waals surface area contributed by atoms with Gasteiger partial charge in [0.15, 0.2) is 0 Å². The lowest BCUT2D eigenvalue weighted by atomic mass is 10.1. The van der Waals surface area contributed by atoms with Gasteiger partial charge in [-0.05, 0) is 12.8 Å². The van der Waals surface area contributed by atoms with Gasteiger partial charge in [0, 0.05) is 19.4 Å². The molecular weight excluding hydrogens is 250 g/mol. The van der Waals surface area contributed by atoms with Crippen molar-refractivity contribution in [3.8, 4) is 0 Å². The maximum absolute atomic E-state index is 11.3. The molecule has 0 radical (unpaired) electrons. The van der Waals surface area contributed by atoms with E-state index in [1.807, 2.05) is 0 Å². The van der Waals surface area contributed by atoms with Crippen LogP contribution < -0.4 is 5.73 Å². The van der Waals surface area contributed by atoms with Crippen molar-refractivity contribution >= 4 is 11.9 Å². The van der Waals surface area contributed by atoms with Crippen molar-refractivity contribution in [2.24, 2.45) is 5.73 Å². The zero-order valence-electron chi connectivity index (χ0n) is 11.4. The lowest BCUT2D eigenvalue weighted by molar-refractivity contribution is -0.145. The molecule has 0 aliphatic carbocycles. The zero-order valence-corrected chi connectivity index (χ0v) is 11.4. The van der Waals surface area contributed by atoms with Crippen molar-refractivity contribution in [2.75, 3.05) is 26.4 Å². The lowest BCUT2D eigenvalue weighted by Crippen LogP contribution is -2.14. The van der Waals surface area contributed by atoms with E-state index in [1.165, 1.54) is 0 Å². The van der Waals surface area contributed by atoms with Gasteiger partial charge in [-0.25, -0.2) is 0 Å². The fourth-order valence-electron chi connectivity index (χ4n) is 1.55. The summed E-state index contributed by atoms with van der Waals surface area (Å²) < 4.78 is 10.0. The standard InChI is InChI=1S/C13H25NO5/c14-8-9-18-10-11-19-13(17)7-5-3-1-2-4-6-12(15)16/h1-11,14H2,(H,15,16). The minimum atomic E-state index is -0.750. The first kappa shape index (κ1) is 17.9. The lowest BCUT2D eigenvalue weighted by Gasteiger charge is -2.05. The zero-order chi connectivity index (χ0) is 14.3. The molecule has 0 amide bonds. The normalized spacial score (nSPS) is 10.4. The second kappa shape index (κ2) is 13.3. The van der Waals surface area contributed by atoms with Crippen LogP contribution in [0.1, 0.15) is 44.9 Å². The predicted octanol–water partition coefficient (Wildman–Crippen LogP) is 1.32. The number of carboxylic acids is 1. The summed E-state index contributed by atoms with van der Waals surface area (Å²) in [5, 5.41) is 8.45. The van der Waals surface area contributed by atoms with Gasteiger partial charge >= 0.3 is 11.9 Å². The van der Waals surface area contributed by atoms with E-state index in [4.69, 9.17) is 20.3 Å². The number of esters is 1. The molecule has 0 aliphatic rings. The van der Waals surface area contributed by atoms with Crippen molar-refractivity contribution in [1.29, 1.82) is 0 Å². The number of carbonyl (C=O) groups is 2. The summed E-state index contributed by atoms with van der Waals surface area (Å²) in [7, 11) is 0. The second-order valence-electron chi connectivity index (χ2n) is 4.28. The molecule has 6 heteroatoms. The van der Waals surface area contributed by atoms with E-state index in [0.29, 0.717) is 32.6 Å². The maximum Gasteiger partial charge on any atom is 0.305 e. The van der Waals surface area contributed by atoms with E-state index in [2.05, 4.69) is 0 Å². The molecule has 0 saturated carbocycles. The van der Waals surface area contributed by atoms with Crippen LogP contribution in [0.5, 0.6) is 0 Å². The average Bonchev–Trinajstić information content (AvgIpc) is 2.37. The summed E-state index contributed by atoms with van der Waals surface area (Å²) in [5.41, 5.74) is 5.24. The molecule has 0 fully saturated rings. The highest BCUT2D eigenvalue weighted by Crippen LogP contribution is 2.07. The van der Waals surface area contributed by atoms with Crippen LogP contribution in [0.4, 0.5) is 0 Å². The summed E-state index contributed by atoms with van der Waals surface area (Å²) in [6.45, 7) is 1.61. The predicted molar refractivity (Wildman–Crippen MR) is 70.8 cm³/mol. The van der Waals surface area contributed by atoms with Gasteiger partial charge in [0.1, 0.15) is 6.61 Å². The fraction of sp³-hybridized carbons (Fsp3) is 0.846. The van der Waals surface area contributed by atoms with E-state index in [0.717, 1.165) is 25.7 Å².